The predicted octanol–water partition coefficient (Wildman–Crippen LogP) is 1.02. The number of piperidine rings is 1. The molecule has 134 valence electrons. The van der Waals surface area contributed by atoms with Crippen LogP contribution in [0.15, 0.2) is 12.7 Å². The first-order valence-corrected chi connectivity index (χ1v) is 8.97. The maximum atomic E-state index is 12.3. The number of nitrogens with zero attached hydrogens (tertiary/aromatic N) is 2. The standard InChI is InChI=1S/C17H28N4O3/c1-2-15-14(5-10-24-15)11-19-17(23)20-7-3-13(4-8-20)12-21-9-6-18-16(21)22/h2,13-15H,1,3-12H2,(H,18,22)(H,19,23)/t14-,15-/m1/s1. The quantitative estimate of drug-likeness (QED) is 0.736. The molecule has 3 fully saturated rings. The Labute approximate surface area is 143 Å². The molecule has 3 aliphatic heterocycles. The third-order valence-corrected chi connectivity index (χ3v) is 5.34. The summed E-state index contributed by atoms with van der Waals surface area (Å²) in [4.78, 5) is 27.7. The fourth-order valence-electron chi connectivity index (χ4n) is 3.78. The first-order chi connectivity index (χ1) is 11.7. The minimum Gasteiger partial charge on any atom is -0.374 e. The van der Waals surface area contributed by atoms with E-state index in [9.17, 15) is 9.59 Å². The number of carbonyl (C=O) groups is 2. The Bertz CT molecular complexity index is 476. The van der Waals surface area contributed by atoms with Gasteiger partial charge in [0, 0.05) is 51.8 Å². The molecule has 3 rings (SSSR count). The van der Waals surface area contributed by atoms with Gasteiger partial charge in [0.1, 0.15) is 0 Å². The summed E-state index contributed by atoms with van der Waals surface area (Å²) in [6.07, 6.45) is 4.77. The highest BCUT2D eigenvalue weighted by Crippen LogP contribution is 2.22. The number of hydrogen-bond donors (Lipinski definition) is 2. The summed E-state index contributed by atoms with van der Waals surface area (Å²) in [7, 11) is 0. The van der Waals surface area contributed by atoms with Gasteiger partial charge in [-0.15, -0.1) is 6.58 Å². The zero-order valence-electron chi connectivity index (χ0n) is 14.2. The summed E-state index contributed by atoms with van der Waals surface area (Å²) < 4.78 is 5.56. The lowest BCUT2D eigenvalue weighted by Crippen LogP contribution is -2.47. The molecule has 0 bridgehead atoms. The number of urea groups is 2. The van der Waals surface area contributed by atoms with Gasteiger partial charge < -0.3 is 25.2 Å². The fourth-order valence-corrected chi connectivity index (χ4v) is 3.78. The van der Waals surface area contributed by atoms with Gasteiger partial charge in [0.05, 0.1) is 6.10 Å². The maximum absolute atomic E-state index is 12.3. The van der Waals surface area contributed by atoms with E-state index in [0.717, 1.165) is 58.6 Å². The largest absolute Gasteiger partial charge is 0.374 e. The Morgan fingerprint density at radius 2 is 2.12 bits per heavy atom. The van der Waals surface area contributed by atoms with E-state index in [4.69, 9.17) is 4.74 Å². The average Bonchev–Trinajstić information content (AvgIpc) is 3.22. The first kappa shape index (κ1) is 17.1. The SMILES string of the molecule is C=C[C@H]1OCC[C@@H]1CNC(=O)N1CCC(CN2CCNC2=O)CC1. The molecule has 0 saturated carbocycles. The molecule has 0 spiro atoms. The number of likely N-dealkylation sites (tertiary alicyclic amines) is 1. The number of amides is 4. The Kier molecular flexibility index (Phi) is 5.60. The molecule has 4 amide bonds. The van der Waals surface area contributed by atoms with Crippen LogP contribution in [0.3, 0.4) is 0 Å². The van der Waals surface area contributed by atoms with Crippen LogP contribution in [0.25, 0.3) is 0 Å². The molecule has 0 aromatic carbocycles. The van der Waals surface area contributed by atoms with Crippen LogP contribution >= 0.6 is 0 Å². The van der Waals surface area contributed by atoms with E-state index in [1.807, 2.05) is 15.9 Å². The zero-order valence-corrected chi connectivity index (χ0v) is 14.2. The van der Waals surface area contributed by atoms with E-state index >= 15 is 0 Å². The van der Waals surface area contributed by atoms with Gasteiger partial charge in [0.2, 0.25) is 0 Å². The monoisotopic (exact) mass is 336 g/mol. The first-order valence-electron chi connectivity index (χ1n) is 8.97. The van der Waals surface area contributed by atoms with Crippen LogP contribution in [0.1, 0.15) is 19.3 Å². The summed E-state index contributed by atoms with van der Waals surface area (Å²) >= 11 is 0. The third kappa shape index (κ3) is 4.01. The van der Waals surface area contributed by atoms with Crippen molar-refractivity contribution in [2.24, 2.45) is 11.8 Å². The van der Waals surface area contributed by atoms with Gasteiger partial charge in [-0.3, -0.25) is 0 Å². The lowest BCUT2D eigenvalue weighted by molar-refractivity contribution is 0.125. The lowest BCUT2D eigenvalue weighted by Gasteiger charge is -2.33. The molecule has 0 aliphatic carbocycles. The minimum atomic E-state index is 0.0158. The van der Waals surface area contributed by atoms with Crippen LogP contribution in [0.4, 0.5) is 9.59 Å². The van der Waals surface area contributed by atoms with Crippen LogP contribution in [0.2, 0.25) is 0 Å². The van der Waals surface area contributed by atoms with E-state index in [1.165, 1.54) is 0 Å². The number of nitrogens with one attached hydrogen (secondary N) is 2. The van der Waals surface area contributed by atoms with E-state index in [-0.39, 0.29) is 18.2 Å². The van der Waals surface area contributed by atoms with Crippen LogP contribution in [0, 0.1) is 11.8 Å². The lowest BCUT2D eigenvalue weighted by atomic mass is 9.96. The molecule has 0 radical (unpaired) electrons. The molecular formula is C17H28N4O3. The second-order valence-electron chi connectivity index (χ2n) is 6.91. The van der Waals surface area contributed by atoms with E-state index in [2.05, 4.69) is 17.2 Å². The van der Waals surface area contributed by atoms with Crippen LogP contribution in [-0.2, 0) is 4.74 Å². The molecule has 2 N–H and O–H groups in total. The van der Waals surface area contributed by atoms with Crippen LogP contribution in [-0.4, -0.2) is 73.8 Å². The molecule has 24 heavy (non-hydrogen) atoms. The van der Waals surface area contributed by atoms with Gasteiger partial charge in [-0.25, -0.2) is 9.59 Å². The van der Waals surface area contributed by atoms with Crippen molar-refractivity contribution in [2.75, 3.05) is 45.9 Å². The molecule has 0 aromatic rings. The molecule has 7 heteroatoms. The molecule has 2 atom stereocenters. The molecule has 0 aromatic heterocycles. The Hall–Kier alpha value is -1.76. The van der Waals surface area contributed by atoms with E-state index in [1.54, 1.807) is 0 Å². The highest BCUT2D eigenvalue weighted by Gasteiger charge is 2.29. The molecule has 3 heterocycles. The number of carbonyl (C=O) groups excluding carboxylic acids is 2. The smallest absolute Gasteiger partial charge is 0.317 e. The van der Waals surface area contributed by atoms with Gasteiger partial charge in [-0.2, -0.15) is 0 Å². The second kappa shape index (κ2) is 7.88. The summed E-state index contributed by atoms with van der Waals surface area (Å²) in [5, 5.41) is 5.87. The van der Waals surface area contributed by atoms with Crippen molar-refractivity contribution in [3.05, 3.63) is 12.7 Å². The summed E-state index contributed by atoms with van der Waals surface area (Å²) in [6, 6.07) is 0.0628. The van der Waals surface area contributed by atoms with Gasteiger partial charge >= 0.3 is 12.1 Å². The zero-order chi connectivity index (χ0) is 16.9. The van der Waals surface area contributed by atoms with Crippen molar-refractivity contribution >= 4 is 12.1 Å². The molecule has 0 unspecified atom stereocenters. The van der Waals surface area contributed by atoms with Crippen molar-refractivity contribution in [3.8, 4) is 0 Å². The van der Waals surface area contributed by atoms with Crippen molar-refractivity contribution in [3.63, 3.8) is 0 Å². The van der Waals surface area contributed by atoms with Crippen LogP contribution in [0.5, 0.6) is 0 Å². The van der Waals surface area contributed by atoms with Crippen molar-refractivity contribution in [2.45, 2.75) is 25.4 Å². The summed E-state index contributed by atoms with van der Waals surface area (Å²) in [6.45, 7) is 9.05. The van der Waals surface area contributed by atoms with Crippen LogP contribution < -0.4 is 10.6 Å². The predicted molar refractivity (Wildman–Crippen MR) is 90.7 cm³/mol. The van der Waals surface area contributed by atoms with Gasteiger partial charge in [0.25, 0.3) is 0 Å². The number of ether oxygens (including phenoxy) is 1. The molecule has 7 nitrogen and oxygen atoms in total. The number of rotatable bonds is 5. The molecule has 3 aliphatic rings. The average molecular weight is 336 g/mol. The topological polar surface area (TPSA) is 73.9 Å². The molecular weight excluding hydrogens is 308 g/mol. The van der Waals surface area contributed by atoms with Crippen molar-refractivity contribution < 1.29 is 14.3 Å². The fraction of sp³-hybridized carbons (Fsp3) is 0.765. The van der Waals surface area contributed by atoms with Crippen molar-refractivity contribution in [1.82, 2.24) is 20.4 Å². The Balaban J connectivity index is 1.37. The highest BCUT2D eigenvalue weighted by atomic mass is 16.5. The second-order valence-corrected chi connectivity index (χ2v) is 6.91. The normalized spacial score (nSPS) is 28.1. The van der Waals surface area contributed by atoms with Gasteiger partial charge in [-0.1, -0.05) is 6.08 Å². The van der Waals surface area contributed by atoms with Gasteiger partial charge in [-0.05, 0) is 25.2 Å². The summed E-state index contributed by atoms with van der Waals surface area (Å²) in [5.74, 6) is 0.823. The maximum Gasteiger partial charge on any atom is 0.317 e. The Morgan fingerprint density at radius 1 is 1.33 bits per heavy atom. The van der Waals surface area contributed by atoms with Crippen molar-refractivity contribution in [1.29, 1.82) is 0 Å². The van der Waals surface area contributed by atoms with Gasteiger partial charge in [0.15, 0.2) is 0 Å². The van der Waals surface area contributed by atoms with E-state index < -0.39 is 0 Å². The summed E-state index contributed by atoms with van der Waals surface area (Å²) in [5.41, 5.74) is 0. The number of hydrogen-bond acceptors (Lipinski definition) is 3. The van der Waals surface area contributed by atoms with E-state index in [0.29, 0.717) is 18.4 Å². The minimum absolute atomic E-state index is 0.0158. The molecule has 3 saturated heterocycles. The highest BCUT2D eigenvalue weighted by molar-refractivity contribution is 5.76. The third-order valence-electron chi connectivity index (χ3n) is 5.34. The Morgan fingerprint density at radius 3 is 2.79 bits per heavy atom.